The lowest BCUT2D eigenvalue weighted by Gasteiger charge is -2.22. The maximum Gasteiger partial charge on any atom is 0.336 e. The van der Waals surface area contributed by atoms with Gasteiger partial charge in [-0.05, 0) is 54.3 Å². The van der Waals surface area contributed by atoms with Gasteiger partial charge in [0.1, 0.15) is 22.8 Å². The maximum absolute atomic E-state index is 14.9. The van der Waals surface area contributed by atoms with E-state index in [2.05, 4.69) is 10.5 Å². The van der Waals surface area contributed by atoms with Crippen molar-refractivity contribution in [3.05, 3.63) is 88.0 Å². The maximum atomic E-state index is 14.9. The zero-order valence-corrected chi connectivity index (χ0v) is 17.7. The molecule has 0 unspecified atom stereocenters. The molecule has 2 N–H and O–H groups in total. The topological polar surface area (TPSA) is 80.3 Å². The summed E-state index contributed by atoms with van der Waals surface area (Å²) in [6.07, 6.45) is 2.70. The third kappa shape index (κ3) is 4.13. The molecule has 4 rings (SSSR count). The summed E-state index contributed by atoms with van der Waals surface area (Å²) in [5.41, 5.74) is 3.44. The van der Waals surface area contributed by atoms with Gasteiger partial charge in [-0.25, -0.2) is 13.6 Å². The van der Waals surface area contributed by atoms with E-state index in [1.807, 2.05) is 13.8 Å². The average molecular weight is 439 g/mol. The van der Waals surface area contributed by atoms with Crippen LogP contribution in [0.25, 0.3) is 22.1 Å². The molecule has 0 saturated heterocycles. The number of nitrogens with zero attached hydrogens (tertiary/aromatic N) is 2. The third-order valence-corrected chi connectivity index (χ3v) is 5.73. The second-order valence-electron chi connectivity index (χ2n) is 7.64. The van der Waals surface area contributed by atoms with Gasteiger partial charge in [0.15, 0.2) is 0 Å². The Morgan fingerprint density at radius 1 is 1.09 bits per heavy atom. The third-order valence-electron chi connectivity index (χ3n) is 5.73. The first-order chi connectivity index (χ1) is 15.3. The molecule has 0 aliphatic rings. The van der Waals surface area contributed by atoms with Gasteiger partial charge in [0.25, 0.3) is 0 Å². The summed E-state index contributed by atoms with van der Waals surface area (Å²) >= 11 is 0. The Morgan fingerprint density at radius 3 is 2.50 bits per heavy atom. The van der Waals surface area contributed by atoms with Gasteiger partial charge >= 0.3 is 5.63 Å². The van der Waals surface area contributed by atoms with E-state index in [4.69, 9.17) is 4.42 Å². The van der Waals surface area contributed by atoms with Gasteiger partial charge in [-0.2, -0.15) is 9.89 Å². The summed E-state index contributed by atoms with van der Waals surface area (Å²) in [7, 11) is 0. The van der Waals surface area contributed by atoms with Crippen LogP contribution in [0.1, 0.15) is 37.9 Å². The van der Waals surface area contributed by atoms with Gasteiger partial charge in [-0.1, -0.05) is 26.0 Å². The summed E-state index contributed by atoms with van der Waals surface area (Å²) in [6.45, 7) is 3.84. The van der Waals surface area contributed by atoms with Crippen molar-refractivity contribution in [3.8, 4) is 11.1 Å². The average Bonchev–Trinajstić information content (AvgIpc) is 3.27. The van der Waals surface area contributed by atoms with Crippen molar-refractivity contribution in [2.75, 3.05) is 5.43 Å². The Labute approximate surface area is 183 Å². The monoisotopic (exact) mass is 439 g/mol. The van der Waals surface area contributed by atoms with Crippen molar-refractivity contribution in [2.45, 2.75) is 38.8 Å². The Morgan fingerprint density at radius 2 is 1.81 bits per heavy atom. The molecule has 0 radical (unpaired) electrons. The highest BCUT2D eigenvalue weighted by Gasteiger charge is 2.27. The summed E-state index contributed by atoms with van der Waals surface area (Å²) in [5.74, 6) is -0.896. The van der Waals surface area contributed by atoms with Crippen LogP contribution in [0, 0.1) is 11.6 Å². The van der Waals surface area contributed by atoms with Crippen LogP contribution in [0.2, 0.25) is 0 Å². The van der Waals surface area contributed by atoms with Crippen LogP contribution in [-0.2, 0) is 12.1 Å². The molecule has 0 saturated carbocycles. The van der Waals surface area contributed by atoms with Crippen LogP contribution in [0.4, 0.5) is 8.78 Å². The fraction of sp³-hybridized carbons (Fsp3) is 0.250. The predicted molar refractivity (Wildman–Crippen MR) is 118 cm³/mol. The molecule has 4 aromatic rings. The van der Waals surface area contributed by atoms with Crippen LogP contribution in [0.15, 0.2) is 63.9 Å². The number of hydrogen-bond donors (Lipinski definition) is 2. The van der Waals surface area contributed by atoms with E-state index in [0.717, 1.165) is 0 Å². The van der Waals surface area contributed by atoms with Crippen LogP contribution in [0.5, 0.6) is 0 Å². The molecule has 0 atom stereocenters. The van der Waals surface area contributed by atoms with Crippen molar-refractivity contribution in [1.29, 1.82) is 0 Å². The molecular weight excluding hydrogens is 416 g/mol. The Kier molecular flexibility index (Phi) is 5.80. The molecule has 2 heterocycles. The lowest BCUT2D eigenvalue weighted by molar-refractivity contribution is 0.0235. The minimum atomic E-state index is -1.01. The van der Waals surface area contributed by atoms with Crippen molar-refractivity contribution in [3.63, 3.8) is 0 Å². The number of aliphatic hydroxyl groups is 1. The van der Waals surface area contributed by atoms with E-state index in [1.165, 1.54) is 47.3 Å². The normalized spacial score (nSPS) is 11.8. The first-order valence-electron chi connectivity index (χ1n) is 10.4. The van der Waals surface area contributed by atoms with E-state index in [0.29, 0.717) is 35.0 Å². The quantitative estimate of drug-likeness (QED) is 0.409. The van der Waals surface area contributed by atoms with E-state index >= 15 is 0 Å². The molecule has 32 heavy (non-hydrogen) atoms. The standard InChI is InChI=1S/C24H23F2N3O3/c1-3-24(31,4-2)22-9-10-29(28-22)27-14-16-11-21-19(12-20(16)26)18(13-23(30)32-21)15-5-7-17(25)8-6-15/h5-13,27,31H,3-4,14H2,1-2H3. The SMILES string of the molecule is CCC(O)(CC)c1ccn(NCc2cc3oc(=O)cc(-c4ccc(F)cc4)c3cc2F)n1. The molecule has 0 bridgehead atoms. The second kappa shape index (κ2) is 8.55. The smallest absolute Gasteiger partial charge is 0.336 e. The zero-order chi connectivity index (χ0) is 22.9. The lowest BCUT2D eigenvalue weighted by Crippen LogP contribution is -2.25. The van der Waals surface area contributed by atoms with E-state index in [-0.39, 0.29) is 17.7 Å². The van der Waals surface area contributed by atoms with Crippen LogP contribution in [0.3, 0.4) is 0 Å². The van der Waals surface area contributed by atoms with E-state index in [9.17, 15) is 18.7 Å². The number of halogens is 2. The minimum absolute atomic E-state index is 0.0735. The van der Waals surface area contributed by atoms with Crippen LogP contribution in [-0.4, -0.2) is 15.0 Å². The molecule has 2 aromatic heterocycles. The molecule has 0 spiro atoms. The number of hydrogen-bond acceptors (Lipinski definition) is 5. The number of aromatic nitrogens is 2. The van der Waals surface area contributed by atoms with Crippen molar-refractivity contribution in [1.82, 2.24) is 9.89 Å². The zero-order valence-electron chi connectivity index (χ0n) is 17.7. The molecule has 0 fully saturated rings. The fourth-order valence-corrected chi connectivity index (χ4v) is 3.67. The Hall–Kier alpha value is -3.52. The number of rotatable bonds is 7. The molecule has 166 valence electrons. The largest absolute Gasteiger partial charge is 0.423 e. The first-order valence-corrected chi connectivity index (χ1v) is 10.4. The highest BCUT2D eigenvalue weighted by molar-refractivity contribution is 5.93. The molecule has 0 aliphatic carbocycles. The summed E-state index contributed by atoms with van der Waals surface area (Å²) in [4.78, 5) is 13.5. The molecule has 0 aliphatic heterocycles. The molecule has 6 nitrogen and oxygen atoms in total. The van der Waals surface area contributed by atoms with E-state index in [1.54, 1.807) is 12.3 Å². The lowest BCUT2D eigenvalue weighted by atomic mass is 9.94. The molecular formula is C24H23F2N3O3. The Balaban J connectivity index is 1.64. The summed E-state index contributed by atoms with van der Waals surface area (Å²) in [6, 6.07) is 11.4. The molecule has 0 amide bonds. The van der Waals surface area contributed by atoms with Crippen molar-refractivity contribution < 1.29 is 18.3 Å². The van der Waals surface area contributed by atoms with E-state index < -0.39 is 22.9 Å². The minimum Gasteiger partial charge on any atom is -0.423 e. The molecule has 8 heteroatoms. The highest BCUT2D eigenvalue weighted by atomic mass is 19.1. The van der Waals surface area contributed by atoms with Gasteiger partial charge < -0.3 is 14.9 Å². The fourth-order valence-electron chi connectivity index (χ4n) is 3.67. The Bertz CT molecular complexity index is 1310. The molecule has 2 aromatic carbocycles. The summed E-state index contributed by atoms with van der Waals surface area (Å²) in [5, 5.41) is 15.3. The summed E-state index contributed by atoms with van der Waals surface area (Å²) < 4.78 is 33.5. The van der Waals surface area contributed by atoms with Gasteiger partial charge in [0, 0.05) is 23.2 Å². The van der Waals surface area contributed by atoms with Gasteiger partial charge in [0.05, 0.1) is 12.2 Å². The van der Waals surface area contributed by atoms with Crippen molar-refractivity contribution in [2.24, 2.45) is 0 Å². The number of benzene rings is 2. The highest BCUT2D eigenvalue weighted by Crippen LogP contribution is 2.30. The van der Waals surface area contributed by atoms with Gasteiger partial charge in [0.2, 0.25) is 0 Å². The van der Waals surface area contributed by atoms with Gasteiger partial charge in [-0.3, -0.25) is 0 Å². The number of nitrogens with one attached hydrogen (secondary N) is 1. The van der Waals surface area contributed by atoms with Crippen LogP contribution >= 0.6 is 0 Å². The van der Waals surface area contributed by atoms with Gasteiger partial charge in [-0.15, -0.1) is 0 Å². The van der Waals surface area contributed by atoms with Crippen LogP contribution < -0.4 is 11.1 Å². The first kappa shape index (κ1) is 21.7. The second-order valence-corrected chi connectivity index (χ2v) is 7.64. The van der Waals surface area contributed by atoms with Crippen molar-refractivity contribution >= 4 is 11.0 Å². The predicted octanol–water partition coefficient (Wildman–Crippen LogP) is 4.69. The number of fused-ring (bicyclic) bond motifs is 1.